The fourth-order valence-electron chi connectivity index (χ4n) is 1.65. The second-order valence-corrected chi connectivity index (χ2v) is 4.86. The second-order valence-electron chi connectivity index (χ2n) is 4.07. The Morgan fingerprint density at radius 1 is 1.41 bits per heavy atom. The Labute approximate surface area is 113 Å². The van der Waals surface area contributed by atoms with E-state index in [4.69, 9.17) is 28.5 Å². The van der Waals surface area contributed by atoms with E-state index in [2.05, 4.69) is 17.9 Å². The molecular weight excluding hydrogens is 255 g/mol. The Morgan fingerprint density at radius 3 is 2.71 bits per heavy atom. The molecule has 0 saturated carbocycles. The molecule has 0 aliphatic carbocycles. The zero-order chi connectivity index (χ0) is 12.8. The predicted octanol–water partition coefficient (Wildman–Crippen LogP) is 3.97. The molecule has 92 valence electrons. The van der Waals surface area contributed by atoms with Gasteiger partial charge in [-0.25, -0.2) is 0 Å². The highest BCUT2D eigenvalue weighted by Gasteiger charge is 2.11. The lowest BCUT2D eigenvalue weighted by Gasteiger charge is -2.22. The predicted molar refractivity (Wildman–Crippen MR) is 72.2 cm³/mol. The number of benzene rings is 1. The van der Waals surface area contributed by atoms with Gasteiger partial charge in [0.05, 0.1) is 22.0 Å². The van der Waals surface area contributed by atoms with Crippen LogP contribution < -0.4 is 0 Å². The van der Waals surface area contributed by atoms with E-state index in [1.165, 1.54) is 0 Å². The van der Waals surface area contributed by atoms with Gasteiger partial charge in [0.25, 0.3) is 0 Å². The first-order valence-corrected chi connectivity index (χ1v) is 6.39. The average molecular weight is 271 g/mol. The van der Waals surface area contributed by atoms with Gasteiger partial charge in [0.2, 0.25) is 0 Å². The van der Waals surface area contributed by atoms with Gasteiger partial charge < -0.3 is 0 Å². The maximum absolute atomic E-state index is 8.82. The summed E-state index contributed by atoms with van der Waals surface area (Å²) in [6.45, 7) is 6.34. The highest BCUT2D eigenvalue weighted by atomic mass is 35.5. The first-order valence-electron chi connectivity index (χ1n) is 5.63. The first kappa shape index (κ1) is 14.3. The van der Waals surface area contributed by atoms with Gasteiger partial charge in [-0.15, -0.1) is 0 Å². The van der Waals surface area contributed by atoms with Gasteiger partial charge in [-0.3, -0.25) is 4.90 Å². The van der Waals surface area contributed by atoms with Crippen LogP contribution in [0.15, 0.2) is 18.2 Å². The molecule has 17 heavy (non-hydrogen) atoms. The topological polar surface area (TPSA) is 27.0 Å². The van der Waals surface area contributed by atoms with Gasteiger partial charge in [0.15, 0.2) is 0 Å². The Hall–Kier alpha value is -0.750. The van der Waals surface area contributed by atoms with Crippen molar-refractivity contribution in [2.75, 3.05) is 13.1 Å². The van der Waals surface area contributed by atoms with Crippen molar-refractivity contribution >= 4 is 23.2 Å². The SMILES string of the molecule is CCN(Cc1cccc(Cl)c1Cl)CC(C)C#N. The van der Waals surface area contributed by atoms with Crippen molar-refractivity contribution in [3.8, 4) is 6.07 Å². The minimum absolute atomic E-state index is 0.0212. The monoisotopic (exact) mass is 270 g/mol. The third kappa shape index (κ3) is 4.20. The largest absolute Gasteiger partial charge is 0.298 e. The summed E-state index contributed by atoms with van der Waals surface area (Å²) in [5.74, 6) is 0.0212. The molecule has 1 rings (SSSR count). The standard InChI is InChI=1S/C13H16Cl2N2/c1-3-17(8-10(2)7-16)9-11-5-4-6-12(14)13(11)15/h4-6,10H,3,8-9H2,1-2H3. The lowest BCUT2D eigenvalue weighted by molar-refractivity contribution is 0.260. The number of hydrogen-bond donors (Lipinski definition) is 0. The summed E-state index contributed by atoms with van der Waals surface area (Å²) in [6, 6.07) is 7.88. The van der Waals surface area contributed by atoms with Gasteiger partial charge in [0.1, 0.15) is 0 Å². The molecule has 1 unspecified atom stereocenters. The summed E-state index contributed by atoms with van der Waals surface area (Å²) >= 11 is 12.1. The molecule has 0 aliphatic heterocycles. The summed E-state index contributed by atoms with van der Waals surface area (Å²) in [5.41, 5.74) is 1.01. The van der Waals surface area contributed by atoms with E-state index in [1.54, 1.807) is 6.07 Å². The lowest BCUT2D eigenvalue weighted by Crippen LogP contribution is -2.27. The van der Waals surface area contributed by atoms with E-state index < -0.39 is 0 Å². The van der Waals surface area contributed by atoms with Gasteiger partial charge in [-0.2, -0.15) is 5.26 Å². The molecule has 0 radical (unpaired) electrons. The van der Waals surface area contributed by atoms with Crippen molar-refractivity contribution in [3.05, 3.63) is 33.8 Å². The Bertz CT molecular complexity index is 412. The molecule has 1 aromatic carbocycles. The van der Waals surface area contributed by atoms with Gasteiger partial charge in [-0.1, -0.05) is 42.3 Å². The first-order chi connectivity index (χ1) is 8.08. The van der Waals surface area contributed by atoms with Crippen LogP contribution in [0.5, 0.6) is 0 Å². The highest BCUT2D eigenvalue weighted by Crippen LogP contribution is 2.26. The smallest absolute Gasteiger partial charge is 0.0666 e. The molecule has 0 spiro atoms. The fourth-order valence-corrected chi connectivity index (χ4v) is 2.02. The van der Waals surface area contributed by atoms with Crippen molar-refractivity contribution in [1.82, 2.24) is 4.90 Å². The van der Waals surface area contributed by atoms with E-state index in [9.17, 15) is 0 Å². The fraction of sp³-hybridized carbons (Fsp3) is 0.462. The Kier molecular flexibility index (Phi) is 5.77. The molecule has 2 nitrogen and oxygen atoms in total. The van der Waals surface area contributed by atoms with Gasteiger partial charge in [-0.05, 0) is 25.1 Å². The number of nitriles is 1. The van der Waals surface area contributed by atoms with E-state index in [0.29, 0.717) is 10.0 Å². The van der Waals surface area contributed by atoms with Crippen LogP contribution in [0.1, 0.15) is 19.4 Å². The minimum Gasteiger partial charge on any atom is -0.298 e. The van der Waals surface area contributed by atoms with Crippen molar-refractivity contribution in [2.24, 2.45) is 5.92 Å². The molecular formula is C13H16Cl2N2. The van der Waals surface area contributed by atoms with Crippen molar-refractivity contribution in [3.63, 3.8) is 0 Å². The minimum atomic E-state index is 0.0212. The van der Waals surface area contributed by atoms with Crippen LogP contribution >= 0.6 is 23.2 Å². The van der Waals surface area contributed by atoms with Crippen LogP contribution in [0.4, 0.5) is 0 Å². The normalized spacial score (nSPS) is 12.5. The lowest BCUT2D eigenvalue weighted by atomic mass is 10.1. The Balaban J connectivity index is 2.74. The molecule has 0 aromatic heterocycles. The maximum Gasteiger partial charge on any atom is 0.0666 e. The molecule has 1 aromatic rings. The molecule has 0 N–H and O–H groups in total. The molecule has 4 heteroatoms. The number of hydrogen-bond acceptors (Lipinski definition) is 2. The van der Waals surface area contributed by atoms with Crippen LogP contribution in [0, 0.1) is 17.2 Å². The number of halogens is 2. The van der Waals surface area contributed by atoms with Crippen LogP contribution in [0.2, 0.25) is 10.0 Å². The van der Waals surface area contributed by atoms with E-state index in [0.717, 1.165) is 25.2 Å². The van der Waals surface area contributed by atoms with Crippen LogP contribution in [0.3, 0.4) is 0 Å². The average Bonchev–Trinajstić information content (AvgIpc) is 2.33. The third-order valence-electron chi connectivity index (χ3n) is 2.63. The van der Waals surface area contributed by atoms with Crippen LogP contribution in [-0.4, -0.2) is 18.0 Å². The summed E-state index contributed by atoms with van der Waals surface area (Å²) < 4.78 is 0. The summed E-state index contributed by atoms with van der Waals surface area (Å²) in [5, 5.41) is 10.0. The third-order valence-corrected chi connectivity index (χ3v) is 3.48. The van der Waals surface area contributed by atoms with Crippen molar-refractivity contribution in [1.29, 1.82) is 5.26 Å². The molecule has 0 saturated heterocycles. The highest BCUT2D eigenvalue weighted by molar-refractivity contribution is 6.42. The van der Waals surface area contributed by atoms with Crippen molar-refractivity contribution < 1.29 is 0 Å². The maximum atomic E-state index is 8.82. The Morgan fingerprint density at radius 2 is 2.12 bits per heavy atom. The quantitative estimate of drug-likeness (QED) is 0.810. The second kappa shape index (κ2) is 6.86. The molecule has 0 aliphatic rings. The van der Waals surface area contributed by atoms with Crippen LogP contribution in [-0.2, 0) is 6.54 Å². The van der Waals surface area contributed by atoms with E-state index >= 15 is 0 Å². The van der Waals surface area contributed by atoms with Gasteiger partial charge in [0, 0.05) is 13.1 Å². The van der Waals surface area contributed by atoms with E-state index in [1.807, 2.05) is 19.1 Å². The van der Waals surface area contributed by atoms with Crippen molar-refractivity contribution in [2.45, 2.75) is 20.4 Å². The molecule has 0 bridgehead atoms. The van der Waals surface area contributed by atoms with E-state index in [-0.39, 0.29) is 5.92 Å². The summed E-state index contributed by atoms with van der Waals surface area (Å²) in [4.78, 5) is 2.19. The molecule has 0 heterocycles. The molecule has 1 atom stereocenters. The summed E-state index contributed by atoms with van der Waals surface area (Å²) in [7, 11) is 0. The molecule has 0 fully saturated rings. The summed E-state index contributed by atoms with van der Waals surface area (Å²) in [6.07, 6.45) is 0. The van der Waals surface area contributed by atoms with Crippen LogP contribution in [0.25, 0.3) is 0 Å². The number of nitrogens with zero attached hydrogens (tertiary/aromatic N) is 2. The number of rotatable bonds is 5. The zero-order valence-electron chi connectivity index (χ0n) is 10.1. The molecule has 0 amide bonds. The van der Waals surface area contributed by atoms with Gasteiger partial charge >= 0.3 is 0 Å². The zero-order valence-corrected chi connectivity index (χ0v) is 11.6.